The van der Waals surface area contributed by atoms with Gasteiger partial charge < -0.3 is 0 Å². The molecule has 1 saturated carbocycles. The van der Waals surface area contributed by atoms with Gasteiger partial charge in [0.1, 0.15) is 5.54 Å². The van der Waals surface area contributed by atoms with Gasteiger partial charge in [-0.25, -0.2) is 0 Å². The predicted molar refractivity (Wildman–Crippen MR) is 52.2 cm³/mol. The minimum atomic E-state index is -0.155. The monoisotopic (exact) mass is 178 g/mol. The van der Waals surface area contributed by atoms with Crippen LogP contribution in [0.15, 0.2) is 0 Å². The molecule has 0 aromatic heterocycles. The Kier molecular flexibility index (Phi) is 2.29. The summed E-state index contributed by atoms with van der Waals surface area (Å²) in [5, 5.41) is 9.23. The zero-order chi connectivity index (χ0) is 9.31. The van der Waals surface area contributed by atoms with Gasteiger partial charge >= 0.3 is 0 Å². The van der Waals surface area contributed by atoms with E-state index in [-0.39, 0.29) is 5.54 Å². The van der Waals surface area contributed by atoms with Crippen molar-refractivity contribution in [3.8, 4) is 6.07 Å². The fourth-order valence-electron chi connectivity index (χ4n) is 2.34. The molecule has 1 unspecified atom stereocenters. The van der Waals surface area contributed by atoms with Crippen LogP contribution >= 0.6 is 0 Å². The molecule has 0 spiro atoms. The predicted octanol–water partition coefficient (Wildman–Crippen LogP) is 2.16. The van der Waals surface area contributed by atoms with E-state index >= 15 is 0 Å². The Morgan fingerprint density at radius 1 is 1.38 bits per heavy atom. The van der Waals surface area contributed by atoms with Gasteiger partial charge in [0.2, 0.25) is 0 Å². The van der Waals surface area contributed by atoms with Gasteiger partial charge in [-0.1, -0.05) is 12.8 Å². The average molecular weight is 178 g/mol. The summed E-state index contributed by atoms with van der Waals surface area (Å²) in [5.74, 6) is 0.852. The maximum atomic E-state index is 9.23. The minimum Gasteiger partial charge on any atom is -0.286 e. The topological polar surface area (TPSA) is 27.0 Å². The lowest BCUT2D eigenvalue weighted by Gasteiger charge is -2.32. The van der Waals surface area contributed by atoms with Crippen LogP contribution in [-0.2, 0) is 0 Å². The highest BCUT2D eigenvalue weighted by molar-refractivity contribution is 5.08. The van der Waals surface area contributed by atoms with Crippen LogP contribution in [0.4, 0.5) is 0 Å². The van der Waals surface area contributed by atoms with E-state index in [1.54, 1.807) is 0 Å². The lowest BCUT2D eigenvalue weighted by molar-refractivity contribution is 0.173. The van der Waals surface area contributed by atoms with Crippen molar-refractivity contribution in [2.24, 2.45) is 5.92 Å². The molecule has 2 nitrogen and oxygen atoms in total. The molecule has 1 atom stereocenters. The Labute approximate surface area is 80.5 Å². The third-order valence-corrected chi connectivity index (χ3v) is 3.43. The Balaban J connectivity index is 1.99. The summed E-state index contributed by atoms with van der Waals surface area (Å²) in [4.78, 5) is 2.38. The van der Waals surface area contributed by atoms with E-state index in [2.05, 4.69) is 17.9 Å². The molecule has 2 fully saturated rings. The van der Waals surface area contributed by atoms with Gasteiger partial charge in [0.25, 0.3) is 0 Å². The molecule has 13 heavy (non-hydrogen) atoms. The standard InChI is InChI=1S/C11H18N2/c1-11(9-12,8-10-4-5-10)13-6-2-3-7-13/h10H,2-8H2,1H3. The van der Waals surface area contributed by atoms with Gasteiger partial charge in [-0.2, -0.15) is 5.26 Å². The van der Waals surface area contributed by atoms with Gasteiger partial charge in [-0.05, 0) is 45.2 Å². The average Bonchev–Trinajstić information content (AvgIpc) is 2.77. The van der Waals surface area contributed by atoms with Crippen molar-refractivity contribution in [3.05, 3.63) is 0 Å². The number of hydrogen-bond acceptors (Lipinski definition) is 2. The van der Waals surface area contributed by atoms with Crippen LogP contribution in [0.25, 0.3) is 0 Å². The SMILES string of the molecule is CC(C#N)(CC1CC1)N1CCCC1. The van der Waals surface area contributed by atoms with Crippen LogP contribution in [0.1, 0.15) is 39.0 Å². The Morgan fingerprint density at radius 2 is 2.00 bits per heavy atom. The minimum absolute atomic E-state index is 0.155. The van der Waals surface area contributed by atoms with Crippen molar-refractivity contribution in [1.29, 1.82) is 5.26 Å². The molecule has 2 aliphatic rings. The maximum absolute atomic E-state index is 9.23. The highest BCUT2D eigenvalue weighted by Gasteiger charge is 2.38. The van der Waals surface area contributed by atoms with Crippen molar-refractivity contribution in [1.82, 2.24) is 4.90 Å². The van der Waals surface area contributed by atoms with Crippen LogP contribution in [0.5, 0.6) is 0 Å². The molecule has 1 heterocycles. The summed E-state index contributed by atoms with van der Waals surface area (Å²) in [6, 6.07) is 2.52. The lowest BCUT2D eigenvalue weighted by Crippen LogP contribution is -2.43. The molecular weight excluding hydrogens is 160 g/mol. The first-order valence-corrected chi connectivity index (χ1v) is 5.41. The first kappa shape index (κ1) is 9.02. The molecule has 0 bridgehead atoms. The zero-order valence-electron chi connectivity index (χ0n) is 8.42. The van der Waals surface area contributed by atoms with Gasteiger partial charge in [0, 0.05) is 0 Å². The fourth-order valence-corrected chi connectivity index (χ4v) is 2.34. The number of nitrogens with zero attached hydrogens (tertiary/aromatic N) is 2. The first-order valence-electron chi connectivity index (χ1n) is 5.41. The first-order chi connectivity index (χ1) is 6.24. The van der Waals surface area contributed by atoms with Crippen LogP contribution in [0, 0.1) is 17.2 Å². The lowest BCUT2D eigenvalue weighted by atomic mass is 9.95. The molecule has 1 aliphatic heterocycles. The summed E-state index contributed by atoms with van der Waals surface area (Å²) < 4.78 is 0. The number of likely N-dealkylation sites (tertiary alicyclic amines) is 1. The molecular formula is C11H18N2. The van der Waals surface area contributed by atoms with Gasteiger partial charge in [-0.15, -0.1) is 0 Å². The normalized spacial score (nSPS) is 28.3. The van der Waals surface area contributed by atoms with Crippen LogP contribution < -0.4 is 0 Å². The molecule has 1 saturated heterocycles. The van der Waals surface area contributed by atoms with Crippen LogP contribution in [0.2, 0.25) is 0 Å². The second-order valence-electron chi connectivity index (χ2n) is 4.73. The Hall–Kier alpha value is -0.550. The molecule has 0 aromatic carbocycles. The molecule has 1 aliphatic carbocycles. The molecule has 0 aromatic rings. The smallest absolute Gasteiger partial charge is 0.106 e. The highest BCUT2D eigenvalue weighted by atomic mass is 15.2. The fraction of sp³-hybridized carbons (Fsp3) is 0.909. The molecule has 0 radical (unpaired) electrons. The van der Waals surface area contributed by atoms with E-state index in [9.17, 15) is 5.26 Å². The van der Waals surface area contributed by atoms with E-state index in [1.165, 1.54) is 25.7 Å². The summed E-state index contributed by atoms with van der Waals surface area (Å²) >= 11 is 0. The van der Waals surface area contributed by atoms with Gasteiger partial charge in [0.15, 0.2) is 0 Å². The quantitative estimate of drug-likeness (QED) is 0.662. The third kappa shape index (κ3) is 1.86. The van der Waals surface area contributed by atoms with E-state index in [1.807, 2.05) is 0 Å². The van der Waals surface area contributed by atoms with Crippen LogP contribution in [-0.4, -0.2) is 23.5 Å². The molecule has 2 rings (SSSR count). The molecule has 0 N–H and O–H groups in total. The summed E-state index contributed by atoms with van der Waals surface area (Å²) in [6.45, 7) is 4.39. The summed E-state index contributed by atoms with van der Waals surface area (Å²) in [7, 11) is 0. The number of hydrogen-bond donors (Lipinski definition) is 0. The summed E-state index contributed by atoms with van der Waals surface area (Å²) in [6.07, 6.45) is 6.36. The van der Waals surface area contributed by atoms with Crippen molar-refractivity contribution >= 4 is 0 Å². The summed E-state index contributed by atoms with van der Waals surface area (Å²) in [5.41, 5.74) is -0.155. The van der Waals surface area contributed by atoms with Crippen molar-refractivity contribution in [3.63, 3.8) is 0 Å². The van der Waals surface area contributed by atoms with E-state index < -0.39 is 0 Å². The van der Waals surface area contributed by atoms with Gasteiger partial charge in [-0.3, -0.25) is 4.90 Å². The van der Waals surface area contributed by atoms with E-state index in [4.69, 9.17) is 0 Å². The van der Waals surface area contributed by atoms with Crippen LogP contribution in [0.3, 0.4) is 0 Å². The second kappa shape index (κ2) is 3.31. The van der Waals surface area contributed by atoms with Crippen molar-refractivity contribution < 1.29 is 0 Å². The maximum Gasteiger partial charge on any atom is 0.106 e. The largest absolute Gasteiger partial charge is 0.286 e. The van der Waals surface area contributed by atoms with E-state index in [0.29, 0.717) is 0 Å². The Bertz CT molecular complexity index is 221. The Morgan fingerprint density at radius 3 is 2.46 bits per heavy atom. The molecule has 72 valence electrons. The van der Waals surface area contributed by atoms with Crippen molar-refractivity contribution in [2.45, 2.75) is 44.6 Å². The molecule has 0 amide bonds. The molecule has 2 heteroatoms. The van der Waals surface area contributed by atoms with Gasteiger partial charge in [0.05, 0.1) is 6.07 Å². The zero-order valence-corrected chi connectivity index (χ0v) is 8.42. The van der Waals surface area contributed by atoms with Crippen molar-refractivity contribution in [2.75, 3.05) is 13.1 Å². The number of rotatable bonds is 3. The number of nitriles is 1. The second-order valence-corrected chi connectivity index (χ2v) is 4.73. The van der Waals surface area contributed by atoms with E-state index in [0.717, 1.165) is 25.4 Å². The third-order valence-electron chi connectivity index (χ3n) is 3.43. The highest BCUT2D eigenvalue weighted by Crippen LogP contribution is 2.39.